The predicted octanol–water partition coefficient (Wildman–Crippen LogP) is 3.18. The molecule has 1 aromatic rings. The summed E-state index contributed by atoms with van der Waals surface area (Å²) >= 11 is 0. The molecule has 0 fully saturated rings. The van der Waals surface area contributed by atoms with E-state index in [0.717, 1.165) is 11.1 Å². The molecule has 0 aliphatic carbocycles. The number of carbonyl (C=O) groups excluding carboxylic acids is 1. The van der Waals surface area contributed by atoms with Crippen molar-refractivity contribution in [3.05, 3.63) is 58.6 Å². The van der Waals surface area contributed by atoms with Gasteiger partial charge >= 0.3 is 5.97 Å². The fraction of sp³-hybridized carbons (Fsp3) is 0.421. The van der Waals surface area contributed by atoms with Gasteiger partial charge in [-0.1, -0.05) is 30.3 Å². The van der Waals surface area contributed by atoms with Crippen molar-refractivity contribution in [1.29, 1.82) is 0 Å². The Labute approximate surface area is 142 Å². The van der Waals surface area contributed by atoms with Crippen LogP contribution in [0, 0.1) is 0 Å². The Morgan fingerprint density at radius 1 is 1.12 bits per heavy atom. The Hall–Kier alpha value is -2.11. The summed E-state index contributed by atoms with van der Waals surface area (Å²) in [5.41, 5.74) is 2.37. The smallest absolute Gasteiger partial charge is 0.338 e. The number of hydrogen-bond acceptors (Lipinski definition) is 5. The number of methoxy groups -OCH3 is 2. The highest BCUT2D eigenvalue weighted by molar-refractivity contribution is 5.92. The highest BCUT2D eigenvalue weighted by Crippen LogP contribution is 2.41. The molecule has 130 valence electrons. The summed E-state index contributed by atoms with van der Waals surface area (Å²) in [5, 5.41) is 0. The summed E-state index contributed by atoms with van der Waals surface area (Å²) in [6.07, 6.45) is 0. The first-order valence-electron chi connectivity index (χ1n) is 7.94. The molecule has 5 heteroatoms. The SMILES string of the molecule is CCOC(=O)C1=C(C)OC(COC)=C(COC)C1c1ccccc1. The van der Waals surface area contributed by atoms with Crippen LogP contribution in [0.3, 0.4) is 0 Å². The number of carbonyl (C=O) groups is 1. The molecule has 1 aromatic carbocycles. The topological polar surface area (TPSA) is 54.0 Å². The molecule has 1 atom stereocenters. The molecule has 0 aromatic heterocycles. The Bertz CT molecular complexity index is 630. The molecule has 0 amide bonds. The van der Waals surface area contributed by atoms with E-state index in [9.17, 15) is 4.79 Å². The van der Waals surface area contributed by atoms with Crippen molar-refractivity contribution < 1.29 is 23.7 Å². The van der Waals surface area contributed by atoms with Gasteiger partial charge in [0.1, 0.15) is 18.1 Å². The van der Waals surface area contributed by atoms with Crippen molar-refractivity contribution in [2.75, 3.05) is 34.0 Å². The van der Waals surface area contributed by atoms with Gasteiger partial charge in [0.15, 0.2) is 0 Å². The average molecular weight is 332 g/mol. The Kier molecular flexibility index (Phi) is 6.58. The van der Waals surface area contributed by atoms with Gasteiger partial charge in [0, 0.05) is 25.7 Å². The monoisotopic (exact) mass is 332 g/mol. The van der Waals surface area contributed by atoms with Gasteiger partial charge in [0.05, 0.1) is 18.8 Å². The van der Waals surface area contributed by atoms with Crippen molar-refractivity contribution in [1.82, 2.24) is 0 Å². The molecule has 2 rings (SSSR count). The Balaban J connectivity index is 2.57. The van der Waals surface area contributed by atoms with Crippen LogP contribution in [0.2, 0.25) is 0 Å². The molecular formula is C19H24O5. The first kappa shape index (κ1) is 18.2. The largest absolute Gasteiger partial charge is 0.463 e. The molecule has 0 spiro atoms. The van der Waals surface area contributed by atoms with Crippen molar-refractivity contribution in [3.8, 4) is 0 Å². The zero-order chi connectivity index (χ0) is 17.5. The molecule has 0 radical (unpaired) electrons. The van der Waals surface area contributed by atoms with Crippen LogP contribution in [0.5, 0.6) is 0 Å². The molecule has 24 heavy (non-hydrogen) atoms. The molecule has 0 saturated carbocycles. The molecule has 5 nitrogen and oxygen atoms in total. The summed E-state index contributed by atoms with van der Waals surface area (Å²) in [5.74, 6) is 0.575. The lowest BCUT2D eigenvalue weighted by molar-refractivity contribution is -0.139. The quantitative estimate of drug-likeness (QED) is 0.718. The second-order valence-electron chi connectivity index (χ2n) is 5.45. The summed E-state index contributed by atoms with van der Waals surface area (Å²) in [7, 11) is 3.23. The lowest BCUT2D eigenvalue weighted by Crippen LogP contribution is -2.26. The molecule has 0 N–H and O–H groups in total. The fourth-order valence-corrected chi connectivity index (χ4v) is 2.90. The molecule has 0 bridgehead atoms. The summed E-state index contributed by atoms with van der Waals surface area (Å²) in [6.45, 7) is 4.54. The van der Waals surface area contributed by atoms with Crippen LogP contribution < -0.4 is 0 Å². The van der Waals surface area contributed by atoms with Crippen LogP contribution in [0.25, 0.3) is 0 Å². The number of ether oxygens (including phenoxy) is 4. The second kappa shape index (κ2) is 8.66. The van der Waals surface area contributed by atoms with Gasteiger partial charge < -0.3 is 18.9 Å². The van der Waals surface area contributed by atoms with Crippen LogP contribution >= 0.6 is 0 Å². The Morgan fingerprint density at radius 3 is 2.38 bits per heavy atom. The first-order chi connectivity index (χ1) is 11.6. The van der Waals surface area contributed by atoms with E-state index in [-0.39, 0.29) is 11.9 Å². The maximum atomic E-state index is 12.6. The third-order valence-corrected chi connectivity index (χ3v) is 3.85. The highest BCUT2D eigenvalue weighted by atomic mass is 16.5. The van der Waals surface area contributed by atoms with Crippen LogP contribution in [-0.4, -0.2) is 40.0 Å². The number of rotatable bonds is 7. The normalized spacial score (nSPS) is 17.8. The highest BCUT2D eigenvalue weighted by Gasteiger charge is 2.36. The van der Waals surface area contributed by atoms with E-state index in [1.54, 1.807) is 28.1 Å². The molecule has 1 aliphatic rings. The lowest BCUT2D eigenvalue weighted by Gasteiger charge is -2.31. The number of benzene rings is 1. The summed E-state index contributed by atoms with van der Waals surface area (Å²) in [4.78, 5) is 12.6. The van der Waals surface area contributed by atoms with Crippen molar-refractivity contribution in [2.45, 2.75) is 19.8 Å². The van der Waals surface area contributed by atoms with E-state index in [2.05, 4.69) is 0 Å². The molecular weight excluding hydrogens is 308 g/mol. The van der Waals surface area contributed by atoms with E-state index >= 15 is 0 Å². The minimum absolute atomic E-state index is 0.274. The fourth-order valence-electron chi connectivity index (χ4n) is 2.90. The zero-order valence-electron chi connectivity index (χ0n) is 14.6. The second-order valence-corrected chi connectivity index (χ2v) is 5.45. The van der Waals surface area contributed by atoms with Crippen molar-refractivity contribution in [2.24, 2.45) is 0 Å². The number of allylic oxidation sites excluding steroid dienone is 1. The van der Waals surface area contributed by atoms with Gasteiger partial charge in [-0.25, -0.2) is 4.79 Å². The van der Waals surface area contributed by atoms with Gasteiger partial charge in [0.2, 0.25) is 0 Å². The van der Waals surface area contributed by atoms with Gasteiger partial charge in [-0.3, -0.25) is 0 Å². The van der Waals surface area contributed by atoms with Crippen molar-refractivity contribution in [3.63, 3.8) is 0 Å². The first-order valence-corrected chi connectivity index (χ1v) is 7.94. The third kappa shape index (κ3) is 3.86. The minimum Gasteiger partial charge on any atom is -0.463 e. The van der Waals surface area contributed by atoms with E-state index in [4.69, 9.17) is 18.9 Å². The van der Waals surface area contributed by atoms with Gasteiger partial charge in [-0.05, 0) is 19.4 Å². The zero-order valence-corrected chi connectivity index (χ0v) is 14.6. The van der Waals surface area contributed by atoms with Crippen LogP contribution in [-0.2, 0) is 23.7 Å². The van der Waals surface area contributed by atoms with E-state index in [1.807, 2.05) is 30.3 Å². The molecule has 0 saturated heterocycles. The average Bonchev–Trinajstić information content (AvgIpc) is 2.58. The standard InChI is InChI=1S/C19H24O5/c1-5-23-19(20)17-13(2)24-16(12-22-4)15(11-21-3)18(17)14-9-7-6-8-10-14/h6-10,18H,5,11-12H2,1-4H3. The van der Waals surface area contributed by atoms with E-state index in [1.165, 1.54) is 0 Å². The molecule has 1 unspecified atom stereocenters. The van der Waals surface area contributed by atoms with Crippen LogP contribution in [0.4, 0.5) is 0 Å². The van der Waals surface area contributed by atoms with Gasteiger partial charge in [0.25, 0.3) is 0 Å². The lowest BCUT2D eigenvalue weighted by atomic mass is 9.82. The van der Waals surface area contributed by atoms with E-state index < -0.39 is 0 Å². The number of esters is 1. The van der Waals surface area contributed by atoms with E-state index in [0.29, 0.717) is 36.9 Å². The predicted molar refractivity (Wildman–Crippen MR) is 90.4 cm³/mol. The van der Waals surface area contributed by atoms with Crippen LogP contribution in [0.1, 0.15) is 25.3 Å². The molecule has 1 aliphatic heterocycles. The number of hydrogen-bond donors (Lipinski definition) is 0. The molecule has 1 heterocycles. The maximum Gasteiger partial charge on any atom is 0.338 e. The van der Waals surface area contributed by atoms with Gasteiger partial charge in [-0.2, -0.15) is 0 Å². The van der Waals surface area contributed by atoms with Crippen LogP contribution in [0.15, 0.2) is 53.0 Å². The summed E-state index contributed by atoms with van der Waals surface area (Å²) < 4.78 is 21.8. The van der Waals surface area contributed by atoms with Gasteiger partial charge in [-0.15, -0.1) is 0 Å². The van der Waals surface area contributed by atoms with Crippen molar-refractivity contribution >= 4 is 5.97 Å². The third-order valence-electron chi connectivity index (χ3n) is 3.85. The maximum absolute atomic E-state index is 12.6. The minimum atomic E-state index is -0.367. The summed E-state index contributed by atoms with van der Waals surface area (Å²) in [6, 6.07) is 9.82. The Morgan fingerprint density at radius 2 is 1.79 bits per heavy atom.